The predicted octanol–water partition coefficient (Wildman–Crippen LogP) is 1.90. The van der Waals surface area contributed by atoms with Crippen molar-refractivity contribution < 1.29 is 19.1 Å². The maximum absolute atomic E-state index is 13.8. The van der Waals surface area contributed by atoms with Crippen LogP contribution in [0.5, 0.6) is 0 Å². The third-order valence-electron chi connectivity index (χ3n) is 6.80. The molecule has 0 unspecified atom stereocenters. The van der Waals surface area contributed by atoms with E-state index in [9.17, 15) is 19.1 Å². The molecule has 6 nitrogen and oxygen atoms in total. The Bertz CT molecular complexity index is 768. The molecular weight excluding hydrogens is 361 g/mol. The summed E-state index contributed by atoms with van der Waals surface area (Å²) in [5.41, 5.74) is 6.19. The van der Waals surface area contributed by atoms with Crippen molar-refractivity contribution in [2.75, 3.05) is 19.7 Å². The summed E-state index contributed by atoms with van der Waals surface area (Å²) in [6.07, 6.45) is 6.20. The minimum Gasteiger partial charge on any atom is -0.396 e. The number of nitrogens with zero attached hydrogens (tertiary/aromatic N) is 2. The highest BCUT2D eigenvalue weighted by Gasteiger charge is 2.38. The molecule has 4 rings (SSSR count). The van der Waals surface area contributed by atoms with Gasteiger partial charge in [0.1, 0.15) is 5.82 Å². The highest BCUT2D eigenvalue weighted by Crippen LogP contribution is 2.33. The zero-order chi connectivity index (χ0) is 19.8. The number of halogens is 1. The van der Waals surface area contributed by atoms with E-state index in [1.807, 2.05) is 0 Å². The van der Waals surface area contributed by atoms with Crippen LogP contribution >= 0.6 is 0 Å². The molecule has 2 amide bonds. The Morgan fingerprint density at radius 1 is 1.11 bits per heavy atom. The van der Waals surface area contributed by atoms with Gasteiger partial charge in [-0.2, -0.15) is 0 Å². The molecule has 0 atom stereocenters. The lowest BCUT2D eigenvalue weighted by molar-refractivity contribution is 0.0458. The van der Waals surface area contributed by atoms with E-state index in [1.165, 1.54) is 6.07 Å². The second-order valence-electron chi connectivity index (χ2n) is 8.41. The van der Waals surface area contributed by atoms with Gasteiger partial charge < -0.3 is 20.6 Å². The average Bonchev–Trinajstić information content (AvgIpc) is 3.03. The standard InChI is InChI=1S/C21H28FN3O3/c22-15-9-14-11-25(21(28)19(14)18(10-15)20(23)27)17-5-7-24(8-6-17)16-3-1-13(12-26)2-4-16/h9-10,13,16-17,26H,1-8,11-12H2,(H2,23,27)/t13-,16-. The second-order valence-corrected chi connectivity index (χ2v) is 8.41. The minimum absolute atomic E-state index is 0.0134. The molecule has 28 heavy (non-hydrogen) atoms. The van der Waals surface area contributed by atoms with E-state index in [0.717, 1.165) is 57.7 Å². The van der Waals surface area contributed by atoms with Crippen LogP contribution < -0.4 is 5.73 Å². The van der Waals surface area contributed by atoms with Gasteiger partial charge in [0.15, 0.2) is 0 Å². The second kappa shape index (κ2) is 7.79. The number of carbonyl (C=O) groups is 2. The number of hydrogen-bond donors (Lipinski definition) is 2. The van der Waals surface area contributed by atoms with Gasteiger partial charge in [-0.05, 0) is 62.1 Å². The van der Waals surface area contributed by atoms with E-state index >= 15 is 0 Å². The normalized spacial score (nSPS) is 26.5. The molecule has 3 N–H and O–H groups in total. The van der Waals surface area contributed by atoms with Crippen LogP contribution in [-0.2, 0) is 6.54 Å². The number of aliphatic hydroxyl groups is 1. The highest BCUT2D eigenvalue weighted by molar-refractivity contribution is 6.09. The first-order valence-electron chi connectivity index (χ1n) is 10.3. The van der Waals surface area contributed by atoms with Crippen LogP contribution in [0.4, 0.5) is 4.39 Å². The first-order valence-corrected chi connectivity index (χ1v) is 10.3. The van der Waals surface area contributed by atoms with Crippen molar-refractivity contribution in [1.82, 2.24) is 9.80 Å². The fraction of sp³-hybridized carbons (Fsp3) is 0.619. The summed E-state index contributed by atoms with van der Waals surface area (Å²) in [6, 6.07) is 3.09. The van der Waals surface area contributed by atoms with E-state index in [4.69, 9.17) is 5.73 Å². The molecule has 152 valence electrons. The quantitative estimate of drug-likeness (QED) is 0.823. The number of fused-ring (bicyclic) bond motifs is 1. The maximum atomic E-state index is 13.8. The Morgan fingerprint density at radius 3 is 2.39 bits per heavy atom. The number of rotatable bonds is 4. The Hall–Kier alpha value is -1.99. The van der Waals surface area contributed by atoms with Gasteiger partial charge >= 0.3 is 0 Å². The van der Waals surface area contributed by atoms with E-state index in [2.05, 4.69) is 4.90 Å². The Balaban J connectivity index is 1.40. The number of primary amides is 1. The van der Waals surface area contributed by atoms with Crippen LogP contribution in [-0.4, -0.2) is 58.5 Å². The van der Waals surface area contributed by atoms with Crippen molar-refractivity contribution in [1.29, 1.82) is 0 Å². The molecule has 1 saturated heterocycles. The van der Waals surface area contributed by atoms with Gasteiger partial charge in [0, 0.05) is 38.3 Å². The lowest BCUT2D eigenvalue weighted by Crippen LogP contribution is -2.49. The zero-order valence-corrected chi connectivity index (χ0v) is 16.1. The van der Waals surface area contributed by atoms with Crippen LogP contribution in [0, 0.1) is 11.7 Å². The first kappa shape index (κ1) is 19.3. The fourth-order valence-corrected chi connectivity index (χ4v) is 5.18. The molecular formula is C21H28FN3O3. The van der Waals surface area contributed by atoms with Gasteiger partial charge in [0.05, 0.1) is 11.1 Å². The maximum Gasteiger partial charge on any atom is 0.255 e. The number of aliphatic hydroxyl groups excluding tert-OH is 1. The Labute approximate surface area is 164 Å². The SMILES string of the molecule is NC(=O)c1cc(F)cc2c1C(=O)N(C1CCN([C@H]3CC[C@H](CO)CC3)CC1)C2. The van der Waals surface area contributed by atoms with Crippen LogP contribution in [0.2, 0.25) is 0 Å². The van der Waals surface area contributed by atoms with Gasteiger partial charge in [-0.3, -0.25) is 9.59 Å². The van der Waals surface area contributed by atoms with Crippen molar-refractivity contribution in [2.45, 2.75) is 57.2 Å². The molecule has 1 aromatic rings. The summed E-state index contributed by atoms with van der Waals surface area (Å²) in [4.78, 5) is 28.9. The number of nitrogens with two attached hydrogens (primary N) is 1. The van der Waals surface area contributed by atoms with Crippen LogP contribution in [0.3, 0.4) is 0 Å². The molecule has 2 heterocycles. The van der Waals surface area contributed by atoms with Crippen molar-refractivity contribution >= 4 is 11.8 Å². The van der Waals surface area contributed by atoms with E-state index in [0.29, 0.717) is 30.7 Å². The number of benzene rings is 1. The Kier molecular flexibility index (Phi) is 5.38. The smallest absolute Gasteiger partial charge is 0.255 e. The summed E-state index contributed by atoms with van der Waals surface area (Å²) in [5.74, 6) is -1.05. The molecule has 0 bridgehead atoms. The molecule has 1 saturated carbocycles. The highest BCUT2D eigenvalue weighted by atomic mass is 19.1. The van der Waals surface area contributed by atoms with Crippen molar-refractivity contribution in [3.8, 4) is 0 Å². The molecule has 1 aliphatic carbocycles. The van der Waals surface area contributed by atoms with Crippen molar-refractivity contribution in [2.24, 2.45) is 11.7 Å². The van der Waals surface area contributed by atoms with Crippen molar-refractivity contribution in [3.63, 3.8) is 0 Å². The van der Waals surface area contributed by atoms with Crippen LogP contribution in [0.1, 0.15) is 64.8 Å². The van der Waals surface area contributed by atoms with Gasteiger partial charge in [0.25, 0.3) is 5.91 Å². The largest absolute Gasteiger partial charge is 0.396 e. The zero-order valence-electron chi connectivity index (χ0n) is 16.1. The predicted molar refractivity (Wildman–Crippen MR) is 102 cm³/mol. The fourth-order valence-electron chi connectivity index (χ4n) is 5.18. The monoisotopic (exact) mass is 389 g/mol. The summed E-state index contributed by atoms with van der Waals surface area (Å²) >= 11 is 0. The topological polar surface area (TPSA) is 86.9 Å². The first-order chi connectivity index (χ1) is 13.5. The number of hydrogen-bond acceptors (Lipinski definition) is 4. The number of carbonyl (C=O) groups excluding carboxylic acids is 2. The average molecular weight is 389 g/mol. The van der Waals surface area contributed by atoms with Crippen LogP contribution in [0.15, 0.2) is 12.1 Å². The van der Waals surface area contributed by atoms with Crippen molar-refractivity contribution in [3.05, 3.63) is 34.6 Å². The molecule has 2 aliphatic heterocycles. The summed E-state index contributed by atoms with van der Waals surface area (Å²) in [5, 5.41) is 9.31. The molecule has 3 aliphatic rings. The molecule has 0 aromatic heterocycles. The van der Waals surface area contributed by atoms with Crippen LogP contribution in [0.25, 0.3) is 0 Å². The molecule has 1 aromatic carbocycles. The molecule has 7 heteroatoms. The number of piperidine rings is 1. The number of amides is 2. The lowest BCUT2D eigenvalue weighted by atomic mass is 9.85. The number of likely N-dealkylation sites (tertiary alicyclic amines) is 1. The molecule has 0 spiro atoms. The van der Waals surface area contributed by atoms with E-state index in [-0.39, 0.29) is 23.1 Å². The van der Waals surface area contributed by atoms with Gasteiger partial charge in [-0.25, -0.2) is 4.39 Å². The van der Waals surface area contributed by atoms with E-state index < -0.39 is 11.7 Å². The minimum atomic E-state index is -0.765. The summed E-state index contributed by atoms with van der Waals surface area (Å²) < 4.78 is 13.8. The Morgan fingerprint density at radius 2 is 1.79 bits per heavy atom. The summed E-state index contributed by atoms with van der Waals surface area (Å²) in [7, 11) is 0. The van der Waals surface area contributed by atoms with Gasteiger partial charge in [-0.1, -0.05) is 0 Å². The van der Waals surface area contributed by atoms with E-state index in [1.54, 1.807) is 4.90 Å². The van der Waals surface area contributed by atoms with Gasteiger partial charge in [-0.15, -0.1) is 0 Å². The third kappa shape index (κ3) is 3.53. The molecule has 2 fully saturated rings. The third-order valence-corrected chi connectivity index (χ3v) is 6.80. The summed E-state index contributed by atoms with van der Waals surface area (Å²) in [6.45, 7) is 2.52. The lowest BCUT2D eigenvalue weighted by Gasteiger charge is -2.42. The molecule has 0 radical (unpaired) electrons. The van der Waals surface area contributed by atoms with Gasteiger partial charge in [0.2, 0.25) is 5.91 Å².